The van der Waals surface area contributed by atoms with Crippen LogP contribution in [0.5, 0.6) is 0 Å². The Kier molecular flexibility index (Phi) is 4.40. The zero-order valence-electron chi connectivity index (χ0n) is 13.1. The van der Waals surface area contributed by atoms with Crippen molar-refractivity contribution in [2.75, 3.05) is 6.54 Å². The van der Waals surface area contributed by atoms with Crippen molar-refractivity contribution in [3.8, 4) is 0 Å². The van der Waals surface area contributed by atoms with Crippen LogP contribution in [0.3, 0.4) is 0 Å². The third-order valence-electron chi connectivity index (χ3n) is 4.65. The van der Waals surface area contributed by atoms with E-state index in [-0.39, 0.29) is 0 Å². The van der Waals surface area contributed by atoms with Crippen molar-refractivity contribution in [1.29, 1.82) is 0 Å². The van der Waals surface area contributed by atoms with Crippen LogP contribution < -0.4 is 5.32 Å². The molecule has 2 unspecified atom stereocenters. The molecule has 0 spiro atoms. The Morgan fingerprint density at radius 2 is 1.86 bits per heavy atom. The average molecular weight is 279 g/mol. The highest BCUT2D eigenvalue weighted by molar-refractivity contribution is 5.40. The summed E-state index contributed by atoms with van der Waals surface area (Å²) in [5.41, 5.74) is 5.90. The quantitative estimate of drug-likeness (QED) is 0.813. The molecule has 0 heterocycles. The molecular weight excluding hydrogens is 254 g/mol. The van der Waals surface area contributed by atoms with Gasteiger partial charge in [0.2, 0.25) is 0 Å². The van der Waals surface area contributed by atoms with Crippen molar-refractivity contribution < 1.29 is 0 Å². The number of fused-ring (bicyclic) bond motifs is 1. The summed E-state index contributed by atoms with van der Waals surface area (Å²) in [6, 6.07) is 18.3. The lowest BCUT2D eigenvalue weighted by molar-refractivity contribution is 0.489. The van der Waals surface area contributed by atoms with Gasteiger partial charge in [-0.2, -0.15) is 0 Å². The fourth-order valence-corrected chi connectivity index (χ4v) is 3.24. The zero-order valence-corrected chi connectivity index (χ0v) is 13.1. The molecule has 1 heteroatoms. The second kappa shape index (κ2) is 6.44. The maximum Gasteiger partial charge on any atom is 0.0292 e. The summed E-state index contributed by atoms with van der Waals surface area (Å²) in [4.78, 5) is 0. The smallest absolute Gasteiger partial charge is 0.0292 e. The standard InChI is InChI=1S/C20H25N/c1-3-6-16-9-11-17(12-10-16)15(2)21-14-19-13-18-7-4-5-8-20(18)19/h4-5,7-12,15,19,21H,3,6,13-14H2,1-2H3. The fraction of sp³-hybridized carbons (Fsp3) is 0.400. The normalized spacial score (nSPS) is 17.9. The molecule has 2 aromatic rings. The summed E-state index contributed by atoms with van der Waals surface area (Å²) in [6.07, 6.45) is 3.63. The van der Waals surface area contributed by atoms with Crippen molar-refractivity contribution in [3.63, 3.8) is 0 Å². The van der Waals surface area contributed by atoms with E-state index < -0.39 is 0 Å². The maximum absolute atomic E-state index is 3.69. The SMILES string of the molecule is CCCc1ccc(C(C)NCC2Cc3ccccc32)cc1. The Hall–Kier alpha value is -1.60. The van der Waals surface area contributed by atoms with Crippen molar-refractivity contribution in [3.05, 3.63) is 70.8 Å². The van der Waals surface area contributed by atoms with Gasteiger partial charge >= 0.3 is 0 Å². The van der Waals surface area contributed by atoms with Gasteiger partial charge in [0, 0.05) is 18.5 Å². The van der Waals surface area contributed by atoms with Crippen molar-refractivity contribution in [1.82, 2.24) is 5.32 Å². The molecule has 0 radical (unpaired) electrons. The predicted molar refractivity (Wildman–Crippen MR) is 89.7 cm³/mol. The van der Waals surface area contributed by atoms with E-state index in [1.165, 1.54) is 41.5 Å². The average Bonchev–Trinajstić information content (AvgIpc) is 2.49. The molecule has 0 amide bonds. The molecule has 110 valence electrons. The molecule has 0 aromatic heterocycles. The van der Waals surface area contributed by atoms with E-state index in [1.807, 2.05) is 0 Å². The van der Waals surface area contributed by atoms with Gasteiger partial charge in [0.25, 0.3) is 0 Å². The molecule has 1 nitrogen and oxygen atoms in total. The van der Waals surface area contributed by atoms with E-state index in [2.05, 4.69) is 67.7 Å². The maximum atomic E-state index is 3.69. The van der Waals surface area contributed by atoms with E-state index in [1.54, 1.807) is 0 Å². The monoisotopic (exact) mass is 279 g/mol. The van der Waals surface area contributed by atoms with Crippen LogP contribution in [0.2, 0.25) is 0 Å². The molecule has 0 bridgehead atoms. The Balaban J connectivity index is 1.54. The first-order chi connectivity index (χ1) is 10.3. The molecule has 2 atom stereocenters. The minimum Gasteiger partial charge on any atom is -0.310 e. The molecule has 3 rings (SSSR count). The minimum atomic E-state index is 0.424. The van der Waals surface area contributed by atoms with E-state index in [9.17, 15) is 0 Å². The lowest BCUT2D eigenvalue weighted by Crippen LogP contribution is -2.30. The molecule has 1 aliphatic rings. The first-order valence-corrected chi connectivity index (χ1v) is 8.18. The van der Waals surface area contributed by atoms with Crippen LogP contribution in [0, 0.1) is 0 Å². The van der Waals surface area contributed by atoms with Gasteiger partial charge < -0.3 is 5.32 Å². The van der Waals surface area contributed by atoms with Crippen LogP contribution in [0.25, 0.3) is 0 Å². The molecule has 21 heavy (non-hydrogen) atoms. The minimum absolute atomic E-state index is 0.424. The molecule has 0 fully saturated rings. The highest BCUT2D eigenvalue weighted by atomic mass is 14.9. The van der Waals surface area contributed by atoms with Crippen molar-refractivity contribution in [2.24, 2.45) is 0 Å². The molecule has 1 aliphatic carbocycles. The molecular formula is C20H25N. The van der Waals surface area contributed by atoms with Gasteiger partial charge in [-0.3, -0.25) is 0 Å². The van der Waals surface area contributed by atoms with Gasteiger partial charge in [0.15, 0.2) is 0 Å². The number of nitrogens with one attached hydrogen (secondary N) is 1. The summed E-state index contributed by atoms with van der Waals surface area (Å²) in [6.45, 7) is 5.57. The molecule has 1 N–H and O–H groups in total. The van der Waals surface area contributed by atoms with E-state index in [0.29, 0.717) is 12.0 Å². The van der Waals surface area contributed by atoms with Crippen LogP contribution in [-0.4, -0.2) is 6.54 Å². The number of rotatable bonds is 6. The molecule has 0 aliphatic heterocycles. The van der Waals surface area contributed by atoms with Gasteiger partial charge in [-0.05, 0) is 42.0 Å². The Morgan fingerprint density at radius 1 is 1.10 bits per heavy atom. The predicted octanol–water partition coefficient (Wildman–Crippen LogP) is 4.63. The molecule has 2 aromatic carbocycles. The Labute approximate surface area is 128 Å². The van der Waals surface area contributed by atoms with Gasteiger partial charge in [-0.1, -0.05) is 61.9 Å². The van der Waals surface area contributed by atoms with Crippen LogP contribution in [0.4, 0.5) is 0 Å². The third kappa shape index (κ3) is 3.19. The number of hydrogen-bond acceptors (Lipinski definition) is 1. The number of hydrogen-bond donors (Lipinski definition) is 1. The van der Waals surface area contributed by atoms with Crippen molar-refractivity contribution >= 4 is 0 Å². The lowest BCUT2D eigenvalue weighted by Gasteiger charge is -2.31. The van der Waals surface area contributed by atoms with E-state index in [4.69, 9.17) is 0 Å². The molecule has 0 saturated heterocycles. The van der Waals surface area contributed by atoms with Crippen LogP contribution >= 0.6 is 0 Å². The van der Waals surface area contributed by atoms with Gasteiger partial charge in [-0.15, -0.1) is 0 Å². The Bertz CT molecular complexity index is 585. The van der Waals surface area contributed by atoms with Gasteiger partial charge in [0.1, 0.15) is 0 Å². The van der Waals surface area contributed by atoms with Crippen LogP contribution in [0.15, 0.2) is 48.5 Å². The number of benzene rings is 2. The first kappa shape index (κ1) is 14.3. The van der Waals surface area contributed by atoms with E-state index >= 15 is 0 Å². The summed E-state index contributed by atoms with van der Waals surface area (Å²) in [7, 11) is 0. The van der Waals surface area contributed by atoms with Crippen LogP contribution in [-0.2, 0) is 12.8 Å². The van der Waals surface area contributed by atoms with Crippen molar-refractivity contribution in [2.45, 2.75) is 45.1 Å². The zero-order chi connectivity index (χ0) is 14.7. The van der Waals surface area contributed by atoms with Crippen LogP contribution in [0.1, 0.15) is 54.5 Å². The lowest BCUT2D eigenvalue weighted by atomic mass is 9.77. The fourth-order valence-electron chi connectivity index (χ4n) is 3.24. The first-order valence-electron chi connectivity index (χ1n) is 8.18. The van der Waals surface area contributed by atoms with Gasteiger partial charge in [0.05, 0.1) is 0 Å². The molecule has 0 saturated carbocycles. The Morgan fingerprint density at radius 3 is 2.57 bits per heavy atom. The topological polar surface area (TPSA) is 12.0 Å². The summed E-state index contributed by atoms with van der Waals surface area (Å²) < 4.78 is 0. The second-order valence-electron chi connectivity index (χ2n) is 6.22. The highest BCUT2D eigenvalue weighted by Gasteiger charge is 2.25. The van der Waals surface area contributed by atoms with E-state index in [0.717, 1.165) is 6.54 Å². The summed E-state index contributed by atoms with van der Waals surface area (Å²) in [5, 5.41) is 3.69. The third-order valence-corrected chi connectivity index (χ3v) is 4.65. The summed E-state index contributed by atoms with van der Waals surface area (Å²) in [5.74, 6) is 0.697. The highest BCUT2D eigenvalue weighted by Crippen LogP contribution is 2.34. The largest absolute Gasteiger partial charge is 0.310 e. The number of aryl methyl sites for hydroxylation is 1. The second-order valence-corrected chi connectivity index (χ2v) is 6.22. The summed E-state index contributed by atoms with van der Waals surface area (Å²) >= 11 is 0. The van der Waals surface area contributed by atoms with Gasteiger partial charge in [-0.25, -0.2) is 0 Å².